The van der Waals surface area contributed by atoms with Crippen molar-refractivity contribution in [3.63, 3.8) is 0 Å². The van der Waals surface area contributed by atoms with Crippen LogP contribution in [0, 0.1) is 5.92 Å². The van der Waals surface area contributed by atoms with E-state index >= 15 is 0 Å². The van der Waals surface area contributed by atoms with Crippen LogP contribution >= 0.6 is 0 Å². The largest absolute Gasteiger partial charge is 0.449 e. The molecule has 1 N–H and O–H groups in total. The Morgan fingerprint density at radius 1 is 1.37 bits per heavy atom. The highest BCUT2D eigenvalue weighted by molar-refractivity contribution is 5.80. The Labute approximate surface area is 112 Å². The summed E-state index contributed by atoms with van der Waals surface area (Å²) in [5.41, 5.74) is 0. The van der Waals surface area contributed by atoms with E-state index in [0.717, 1.165) is 0 Å². The van der Waals surface area contributed by atoms with Crippen LogP contribution in [0.15, 0.2) is 4.99 Å². The fourth-order valence-corrected chi connectivity index (χ4v) is 2.67. The van der Waals surface area contributed by atoms with Crippen LogP contribution in [0.4, 0.5) is 0 Å². The van der Waals surface area contributed by atoms with Crippen LogP contribution in [0.1, 0.15) is 27.7 Å². The predicted octanol–water partition coefficient (Wildman–Crippen LogP) is 0.677. The minimum atomic E-state index is -0.719. The first kappa shape index (κ1) is 13.3. The molecule has 0 unspecified atom stereocenters. The fourth-order valence-electron chi connectivity index (χ4n) is 2.67. The van der Waals surface area contributed by atoms with Crippen LogP contribution in [0.5, 0.6) is 0 Å². The van der Waals surface area contributed by atoms with Crippen molar-refractivity contribution >= 4 is 5.90 Å². The molecule has 0 aromatic carbocycles. The zero-order valence-electron chi connectivity index (χ0n) is 11.7. The predicted molar refractivity (Wildman–Crippen MR) is 66.7 cm³/mol. The van der Waals surface area contributed by atoms with E-state index in [0.29, 0.717) is 12.5 Å². The third-order valence-electron chi connectivity index (χ3n) is 3.66. The fraction of sp³-hybridized carbons (Fsp3) is 0.923. The van der Waals surface area contributed by atoms with Gasteiger partial charge in [-0.2, -0.15) is 0 Å². The monoisotopic (exact) mass is 271 g/mol. The molecule has 3 heterocycles. The van der Waals surface area contributed by atoms with E-state index in [1.807, 2.05) is 27.7 Å². The number of hydrogen-bond acceptors (Lipinski definition) is 6. The number of nitrogens with zero attached hydrogens (tertiary/aromatic N) is 1. The first-order chi connectivity index (χ1) is 8.87. The molecule has 0 aromatic heterocycles. The molecule has 0 aromatic rings. The summed E-state index contributed by atoms with van der Waals surface area (Å²) < 4.78 is 22.6. The van der Waals surface area contributed by atoms with Crippen molar-refractivity contribution in [2.75, 3.05) is 6.61 Å². The zero-order chi connectivity index (χ0) is 13.8. The summed E-state index contributed by atoms with van der Waals surface area (Å²) in [7, 11) is 0. The van der Waals surface area contributed by atoms with Gasteiger partial charge in [0.05, 0.1) is 6.61 Å². The number of aliphatic hydroxyl groups excluding tert-OH is 1. The van der Waals surface area contributed by atoms with Crippen molar-refractivity contribution in [3.8, 4) is 0 Å². The normalized spacial score (nSPS) is 44.3. The lowest BCUT2D eigenvalue weighted by atomic mass is 10.1. The molecule has 6 nitrogen and oxygen atoms in total. The number of aliphatic hydroxyl groups is 1. The molecule has 3 rings (SSSR count). The van der Waals surface area contributed by atoms with Crippen molar-refractivity contribution < 1.29 is 24.1 Å². The third kappa shape index (κ3) is 2.27. The molecule has 0 spiro atoms. The van der Waals surface area contributed by atoms with Gasteiger partial charge in [-0.15, -0.1) is 0 Å². The molecule has 3 aliphatic heterocycles. The van der Waals surface area contributed by atoms with Crippen LogP contribution in [-0.2, 0) is 18.9 Å². The van der Waals surface area contributed by atoms with Gasteiger partial charge in [0.25, 0.3) is 0 Å². The molecule has 0 saturated carbocycles. The summed E-state index contributed by atoms with van der Waals surface area (Å²) >= 11 is 0. The molecule has 0 amide bonds. The van der Waals surface area contributed by atoms with E-state index in [-0.39, 0.29) is 18.1 Å². The van der Waals surface area contributed by atoms with E-state index < -0.39 is 24.3 Å². The zero-order valence-corrected chi connectivity index (χ0v) is 11.7. The van der Waals surface area contributed by atoms with Gasteiger partial charge in [-0.05, 0) is 13.8 Å². The van der Waals surface area contributed by atoms with Crippen molar-refractivity contribution in [2.24, 2.45) is 10.9 Å². The SMILES string of the molecule is CC(C)C1=N[C@H]2[C@@H](O1)O[C@H]([C@H]1COC(C)(C)O1)[C@@H]2O. The lowest BCUT2D eigenvalue weighted by molar-refractivity contribution is -0.172. The molecular weight excluding hydrogens is 250 g/mol. The summed E-state index contributed by atoms with van der Waals surface area (Å²) in [6, 6.07) is -0.352. The summed E-state index contributed by atoms with van der Waals surface area (Å²) in [4.78, 5) is 4.41. The number of fused-ring (bicyclic) bond motifs is 1. The molecule has 0 radical (unpaired) electrons. The average Bonchev–Trinajstić information content (AvgIpc) is 2.94. The van der Waals surface area contributed by atoms with Crippen molar-refractivity contribution in [2.45, 2.75) is 64.1 Å². The quantitative estimate of drug-likeness (QED) is 0.799. The van der Waals surface area contributed by atoms with Gasteiger partial charge in [-0.3, -0.25) is 0 Å². The molecule has 19 heavy (non-hydrogen) atoms. The highest BCUT2D eigenvalue weighted by Crippen LogP contribution is 2.36. The van der Waals surface area contributed by atoms with Gasteiger partial charge in [0.2, 0.25) is 6.29 Å². The van der Waals surface area contributed by atoms with Crippen LogP contribution in [0.2, 0.25) is 0 Å². The number of hydrogen-bond donors (Lipinski definition) is 1. The summed E-state index contributed by atoms with van der Waals surface area (Å²) in [6.45, 7) is 8.11. The second-order valence-electron chi connectivity index (χ2n) is 6.06. The summed E-state index contributed by atoms with van der Waals surface area (Å²) in [5, 5.41) is 10.3. The van der Waals surface area contributed by atoms with Gasteiger partial charge in [0.1, 0.15) is 24.4 Å². The van der Waals surface area contributed by atoms with E-state index in [1.165, 1.54) is 0 Å². The maximum atomic E-state index is 10.3. The molecule has 2 fully saturated rings. The van der Waals surface area contributed by atoms with Crippen LogP contribution in [-0.4, -0.2) is 54.0 Å². The maximum Gasteiger partial charge on any atom is 0.227 e. The van der Waals surface area contributed by atoms with Crippen molar-refractivity contribution in [1.82, 2.24) is 0 Å². The molecule has 2 saturated heterocycles. The molecule has 6 heteroatoms. The van der Waals surface area contributed by atoms with E-state index in [4.69, 9.17) is 18.9 Å². The topological polar surface area (TPSA) is 69.5 Å². The van der Waals surface area contributed by atoms with Gasteiger partial charge < -0.3 is 24.1 Å². The van der Waals surface area contributed by atoms with Crippen LogP contribution < -0.4 is 0 Å². The Kier molecular flexibility index (Phi) is 3.09. The Hall–Kier alpha value is -0.690. The maximum absolute atomic E-state index is 10.3. The van der Waals surface area contributed by atoms with E-state index in [1.54, 1.807) is 0 Å². The molecule has 0 bridgehead atoms. The van der Waals surface area contributed by atoms with Crippen molar-refractivity contribution in [1.29, 1.82) is 0 Å². The van der Waals surface area contributed by atoms with Crippen molar-refractivity contribution in [3.05, 3.63) is 0 Å². The van der Waals surface area contributed by atoms with Gasteiger partial charge in [-0.25, -0.2) is 4.99 Å². The van der Waals surface area contributed by atoms with E-state index in [9.17, 15) is 5.11 Å². The van der Waals surface area contributed by atoms with Gasteiger partial charge in [0.15, 0.2) is 11.7 Å². The standard InChI is InChI=1S/C13H21NO5/c1-6(2)11-14-8-9(15)10(17-12(8)18-11)7-5-16-13(3,4)19-7/h6-10,12,15H,5H2,1-4H3/t7-,8-,9-,10-,12-/m1/s1. The number of ether oxygens (including phenoxy) is 4. The van der Waals surface area contributed by atoms with E-state index in [2.05, 4.69) is 4.99 Å². The highest BCUT2D eigenvalue weighted by atomic mass is 16.8. The number of rotatable bonds is 2. The lowest BCUT2D eigenvalue weighted by Gasteiger charge is -2.23. The summed E-state index contributed by atoms with van der Waals surface area (Å²) in [5.74, 6) is 0.222. The lowest BCUT2D eigenvalue weighted by Crippen LogP contribution is -2.40. The van der Waals surface area contributed by atoms with Crippen LogP contribution in [0.25, 0.3) is 0 Å². The first-order valence-electron chi connectivity index (χ1n) is 6.77. The summed E-state index contributed by atoms with van der Waals surface area (Å²) in [6.07, 6.45) is -1.94. The minimum Gasteiger partial charge on any atom is -0.449 e. The Bertz CT molecular complexity index is 394. The Morgan fingerprint density at radius 2 is 2.11 bits per heavy atom. The van der Waals surface area contributed by atoms with Gasteiger partial charge >= 0.3 is 0 Å². The average molecular weight is 271 g/mol. The smallest absolute Gasteiger partial charge is 0.227 e. The second kappa shape index (κ2) is 4.41. The molecule has 3 aliphatic rings. The second-order valence-corrected chi connectivity index (χ2v) is 6.06. The third-order valence-corrected chi connectivity index (χ3v) is 3.66. The van der Waals surface area contributed by atoms with Gasteiger partial charge in [-0.1, -0.05) is 13.8 Å². The van der Waals surface area contributed by atoms with Crippen LogP contribution in [0.3, 0.4) is 0 Å². The minimum absolute atomic E-state index is 0.199. The highest BCUT2D eigenvalue weighted by Gasteiger charge is 2.54. The number of aliphatic imine (C=N–C) groups is 1. The molecule has 0 aliphatic carbocycles. The van der Waals surface area contributed by atoms with Gasteiger partial charge in [0, 0.05) is 5.92 Å². The molecule has 108 valence electrons. The first-order valence-corrected chi connectivity index (χ1v) is 6.77. The Balaban J connectivity index is 1.69. The molecule has 5 atom stereocenters. The molecular formula is C13H21NO5. The Morgan fingerprint density at radius 3 is 2.63 bits per heavy atom.